The second-order valence-electron chi connectivity index (χ2n) is 4.70. The van der Waals surface area contributed by atoms with E-state index < -0.39 is 12.2 Å². The lowest BCUT2D eigenvalue weighted by Crippen LogP contribution is -2.31. The zero-order valence-corrected chi connectivity index (χ0v) is 11.0. The van der Waals surface area contributed by atoms with E-state index in [9.17, 15) is 10.2 Å². The van der Waals surface area contributed by atoms with Gasteiger partial charge in [-0.1, -0.05) is 23.7 Å². The molecule has 1 aromatic carbocycles. The molecule has 1 fully saturated rings. The summed E-state index contributed by atoms with van der Waals surface area (Å²) in [5.74, 6) is 0. The number of β-amino-alcohol motifs (C(OH)–C–C–N with tert-alkyl or cyclic N) is 2. The van der Waals surface area contributed by atoms with Gasteiger partial charge in [-0.3, -0.25) is 4.90 Å². The molecule has 1 heterocycles. The molecular formula is C13H19ClN2O2. The van der Waals surface area contributed by atoms with Crippen LogP contribution in [0.1, 0.15) is 5.56 Å². The van der Waals surface area contributed by atoms with Gasteiger partial charge in [-0.05, 0) is 17.7 Å². The minimum atomic E-state index is -0.596. The highest BCUT2D eigenvalue weighted by atomic mass is 35.5. The molecule has 4 nitrogen and oxygen atoms in total. The van der Waals surface area contributed by atoms with Crippen molar-refractivity contribution in [2.75, 3.05) is 26.2 Å². The Bertz CT molecular complexity index is 362. The van der Waals surface area contributed by atoms with Gasteiger partial charge in [-0.2, -0.15) is 0 Å². The molecule has 1 aliphatic rings. The Labute approximate surface area is 112 Å². The summed E-state index contributed by atoms with van der Waals surface area (Å²) in [4.78, 5) is 2.06. The summed E-state index contributed by atoms with van der Waals surface area (Å²) < 4.78 is 0. The Morgan fingerprint density at radius 2 is 1.78 bits per heavy atom. The number of halogens is 1. The maximum Gasteiger partial charge on any atom is 0.0938 e. The van der Waals surface area contributed by atoms with Crippen molar-refractivity contribution in [3.8, 4) is 0 Å². The summed E-state index contributed by atoms with van der Waals surface area (Å²) in [6, 6.07) is 7.76. The van der Waals surface area contributed by atoms with Crippen LogP contribution in [0.25, 0.3) is 0 Å². The van der Waals surface area contributed by atoms with Crippen LogP contribution in [0.15, 0.2) is 24.3 Å². The predicted molar refractivity (Wildman–Crippen MR) is 71.6 cm³/mol. The molecule has 0 saturated carbocycles. The molecule has 0 amide bonds. The number of rotatable bonds is 5. The number of hydrogen-bond acceptors (Lipinski definition) is 4. The summed E-state index contributed by atoms with van der Waals surface area (Å²) in [5, 5.41) is 22.9. The van der Waals surface area contributed by atoms with E-state index in [1.807, 2.05) is 24.3 Å². The van der Waals surface area contributed by atoms with Crippen LogP contribution >= 0.6 is 11.6 Å². The van der Waals surface area contributed by atoms with Crippen LogP contribution in [0.3, 0.4) is 0 Å². The van der Waals surface area contributed by atoms with Crippen molar-refractivity contribution in [2.24, 2.45) is 0 Å². The van der Waals surface area contributed by atoms with E-state index in [-0.39, 0.29) is 0 Å². The number of benzene rings is 1. The SMILES string of the molecule is O[C@@H]1CN(CCNCc2ccc(Cl)cc2)C[C@H]1O. The van der Waals surface area contributed by atoms with E-state index in [0.717, 1.165) is 24.7 Å². The fourth-order valence-electron chi connectivity index (χ4n) is 2.10. The molecular weight excluding hydrogens is 252 g/mol. The van der Waals surface area contributed by atoms with Crippen molar-refractivity contribution in [2.45, 2.75) is 18.8 Å². The van der Waals surface area contributed by atoms with Crippen LogP contribution < -0.4 is 5.32 Å². The molecule has 1 aromatic rings. The van der Waals surface area contributed by atoms with E-state index in [0.29, 0.717) is 13.1 Å². The molecule has 0 aromatic heterocycles. The average Bonchev–Trinajstić information content (AvgIpc) is 2.67. The number of aliphatic hydroxyl groups excluding tert-OH is 2. The van der Waals surface area contributed by atoms with Crippen LogP contribution in [-0.2, 0) is 6.54 Å². The Kier molecular flexibility index (Phi) is 4.97. The van der Waals surface area contributed by atoms with Gasteiger partial charge < -0.3 is 15.5 Å². The molecule has 2 atom stereocenters. The molecule has 0 aliphatic carbocycles. The third-order valence-electron chi connectivity index (χ3n) is 3.18. The first-order valence-electron chi connectivity index (χ1n) is 6.19. The topological polar surface area (TPSA) is 55.7 Å². The number of nitrogens with zero attached hydrogens (tertiary/aromatic N) is 1. The fraction of sp³-hybridized carbons (Fsp3) is 0.538. The monoisotopic (exact) mass is 270 g/mol. The average molecular weight is 271 g/mol. The van der Waals surface area contributed by atoms with Gasteiger partial charge in [0.25, 0.3) is 0 Å². The fourth-order valence-corrected chi connectivity index (χ4v) is 2.23. The zero-order chi connectivity index (χ0) is 13.0. The maximum atomic E-state index is 9.40. The van der Waals surface area contributed by atoms with Gasteiger partial charge >= 0.3 is 0 Å². The van der Waals surface area contributed by atoms with Crippen molar-refractivity contribution in [1.29, 1.82) is 0 Å². The Morgan fingerprint density at radius 3 is 2.39 bits per heavy atom. The lowest BCUT2D eigenvalue weighted by Gasteiger charge is -2.14. The van der Waals surface area contributed by atoms with Crippen LogP contribution in [0, 0.1) is 0 Å². The highest BCUT2D eigenvalue weighted by molar-refractivity contribution is 6.30. The molecule has 5 heteroatoms. The van der Waals surface area contributed by atoms with Crippen molar-refractivity contribution >= 4 is 11.6 Å². The Morgan fingerprint density at radius 1 is 1.17 bits per heavy atom. The lowest BCUT2D eigenvalue weighted by molar-refractivity contribution is 0.0572. The van der Waals surface area contributed by atoms with E-state index in [1.165, 1.54) is 5.56 Å². The number of hydrogen-bond donors (Lipinski definition) is 3. The predicted octanol–water partition coefficient (Wildman–Crippen LogP) is 0.467. The van der Waals surface area contributed by atoms with Gasteiger partial charge in [0.2, 0.25) is 0 Å². The van der Waals surface area contributed by atoms with Crippen LogP contribution in [0.4, 0.5) is 0 Å². The molecule has 18 heavy (non-hydrogen) atoms. The highest BCUT2D eigenvalue weighted by Crippen LogP contribution is 2.10. The largest absolute Gasteiger partial charge is 0.389 e. The maximum absolute atomic E-state index is 9.40. The molecule has 1 aliphatic heterocycles. The molecule has 3 N–H and O–H groups in total. The van der Waals surface area contributed by atoms with Gasteiger partial charge in [0.05, 0.1) is 12.2 Å². The lowest BCUT2D eigenvalue weighted by atomic mass is 10.2. The first kappa shape index (κ1) is 13.8. The quantitative estimate of drug-likeness (QED) is 0.681. The number of likely N-dealkylation sites (tertiary alicyclic amines) is 1. The summed E-state index contributed by atoms with van der Waals surface area (Å²) in [5.41, 5.74) is 1.20. The first-order chi connectivity index (χ1) is 8.65. The third kappa shape index (κ3) is 3.93. The number of aliphatic hydroxyl groups is 2. The highest BCUT2D eigenvalue weighted by Gasteiger charge is 2.28. The summed E-state index contributed by atoms with van der Waals surface area (Å²) in [6.45, 7) is 3.59. The summed E-state index contributed by atoms with van der Waals surface area (Å²) in [7, 11) is 0. The van der Waals surface area contributed by atoms with Gasteiger partial charge in [0.1, 0.15) is 0 Å². The molecule has 0 unspecified atom stereocenters. The Balaban J connectivity index is 1.63. The van der Waals surface area contributed by atoms with Crippen molar-refractivity contribution in [3.05, 3.63) is 34.9 Å². The molecule has 100 valence electrons. The van der Waals surface area contributed by atoms with Crippen molar-refractivity contribution in [3.63, 3.8) is 0 Å². The molecule has 1 saturated heterocycles. The normalized spacial score (nSPS) is 24.6. The van der Waals surface area contributed by atoms with E-state index in [2.05, 4.69) is 10.2 Å². The van der Waals surface area contributed by atoms with Crippen LogP contribution in [-0.4, -0.2) is 53.5 Å². The van der Waals surface area contributed by atoms with E-state index in [1.54, 1.807) is 0 Å². The standard InChI is InChI=1S/C13H19ClN2O2/c14-11-3-1-10(2-4-11)7-15-5-6-16-8-12(17)13(18)9-16/h1-4,12-13,15,17-18H,5-9H2/t12-,13-/m1/s1. The van der Waals surface area contributed by atoms with Gasteiger partial charge in [-0.25, -0.2) is 0 Å². The Hall–Kier alpha value is -0.650. The first-order valence-corrected chi connectivity index (χ1v) is 6.56. The van der Waals surface area contributed by atoms with E-state index >= 15 is 0 Å². The van der Waals surface area contributed by atoms with E-state index in [4.69, 9.17) is 11.6 Å². The van der Waals surface area contributed by atoms with Crippen LogP contribution in [0.2, 0.25) is 5.02 Å². The second kappa shape index (κ2) is 6.50. The molecule has 0 bridgehead atoms. The minimum absolute atomic E-state index is 0.559. The minimum Gasteiger partial charge on any atom is -0.389 e. The third-order valence-corrected chi connectivity index (χ3v) is 3.43. The van der Waals surface area contributed by atoms with Gasteiger partial charge in [-0.15, -0.1) is 0 Å². The second-order valence-corrected chi connectivity index (χ2v) is 5.13. The molecule has 0 radical (unpaired) electrons. The molecule has 2 rings (SSSR count). The van der Waals surface area contributed by atoms with Crippen molar-refractivity contribution in [1.82, 2.24) is 10.2 Å². The molecule has 0 spiro atoms. The summed E-state index contributed by atoms with van der Waals surface area (Å²) >= 11 is 5.81. The van der Waals surface area contributed by atoms with Crippen LogP contribution in [0.5, 0.6) is 0 Å². The number of nitrogens with one attached hydrogen (secondary N) is 1. The smallest absolute Gasteiger partial charge is 0.0938 e. The van der Waals surface area contributed by atoms with Gasteiger partial charge in [0.15, 0.2) is 0 Å². The summed E-state index contributed by atoms with van der Waals surface area (Å²) in [6.07, 6.45) is -1.19. The van der Waals surface area contributed by atoms with Crippen molar-refractivity contribution < 1.29 is 10.2 Å². The zero-order valence-electron chi connectivity index (χ0n) is 10.2. The van der Waals surface area contributed by atoms with Gasteiger partial charge in [0, 0.05) is 37.7 Å².